The van der Waals surface area contributed by atoms with Crippen molar-refractivity contribution in [1.82, 2.24) is 9.80 Å². The van der Waals surface area contributed by atoms with E-state index in [0.29, 0.717) is 10.8 Å². The molecule has 1 fully saturated rings. The third-order valence-electron chi connectivity index (χ3n) is 5.10. The zero-order chi connectivity index (χ0) is 19.5. The van der Waals surface area contributed by atoms with Crippen molar-refractivity contribution in [2.24, 2.45) is 0 Å². The zero-order valence-corrected chi connectivity index (χ0v) is 16.9. The number of fused-ring (bicyclic) bond motifs is 1. The number of nitrogens with zero attached hydrogens (tertiary/aromatic N) is 2. The van der Waals surface area contributed by atoms with Crippen LogP contribution in [0.25, 0.3) is 10.8 Å². The molecular weight excluding hydrogens is 393 g/mol. The van der Waals surface area contributed by atoms with Crippen LogP contribution in [-0.4, -0.2) is 41.1 Å². The summed E-state index contributed by atoms with van der Waals surface area (Å²) in [5.74, 6) is -0.430. The maximum atomic E-state index is 13.3. The number of hydrogen-bond acceptors (Lipinski definition) is 2. The van der Waals surface area contributed by atoms with E-state index < -0.39 is 5.82 Å². The second kappa shape index (κ2) is 8.43. The largest absolute Gasteiger partial charge is 0.346 e. The van der Waals surface area contributed by atoms with Crippen LogP contribution < -0.4 is 5.32 Å². The van der Waals surface area contributed by atoms with Crippen LogP contribution in [0.15, 0.2) is 60.7 Å². The smallest absolute Gasteiger partial charge is 0.173 e. The Labute approximate surface area is 174 Å². The van der Waals surface area contributed by atoms with Gasteiger partial charge in [0.25, 0.3) is 0 Å². The minimum Gasteiger partial charge on any atom is -0.346 e. The second-order valence-electron chi connectivity index (χ2n) is 6.96. The Bertz CT molecular complexity index is 997. The molecule has 0 atom stereocenters. The lowest BCUT2D eigenvalue weighted by Crippen LogP contribution is -2.49. The number of hydrogen-bond donors (Lipinski definition) is 1. The van der Waals surface area contributed by atoms with E-state index in [4.69, 9.17) is 23.8 Å². The summed E-state index contributed by atoms with van der Waals surface area (Å²) in [6.07, 6.45) is 0. The quantitative estimate of drug-likeness (QED) is 0.598. The van der Waals surface area contributed by atoms with Gasteiger partial charge < -0.3 is 10.2 Å². The number of anilines is 1. The summed E-state index contributed by atoms with van der Waals surface area (Å²) in [5.41, 5.74) is 2.06. The van der Waals surface area contributed by atoms with E-state index in [0.717, 1.165) is 32.7 Å². The SMILES string of the molecule is Fc1ccc(NC(=S)N2CCN(Cc3cccc4ccccc34)CC2)cc1Cl. The Balaban J connectivity index is 1.35. The van der Waals surface area contributed by atoms with Gasteiger partial charge in [0.2, 0.25) is 0 Å². The van der Waals surface area contributed by atoms with Gasteiger partial charge in [0.05, 0.1) is 5.02 Å². The highest BCUT2D eigenvalue weighted by atomic mass is 35.5. The molecule has 3 aromatic carbocycles. The molecule has 0 spiro atoms. The summed E-state index contributed by atoms with van der Waals surface area (Å²) in [7, 11) is 0. The first-order valence-electron chi connectivity index (χ1n) is 9.30. The van der Waals surface area contributed by atoms with Gasteiger partial charge >= 0.3 is 0 Å². The molecular formula is C22H21ClFN3S. The summed E-state index contributed by atoms with van der Waals surface area (Å²) < 4.78 is 13.3. The minimum absolute atomic E-state index is 0.0905. The highest BCUT2D eigenvalue weighted by Gasteiger charge is 2.19. The standard InChI is InChI=1S/C22H21ClFN3S/c23-20-14-18(8-9-21(20)24)25-22(28)27-12-10-26(11-13-27)15-17-6-3-5-16-4-1-2-7-19(16)17/h1-9,14H,10-13,15H2,(H,25,28). The molecule has 144 valence electrons. The average Bonchev–Trinajstić information content (AvgIpc) is 2.71. The molecule has 0 aliphatic carbocycles. The first kappa shape index (κ1) is 19.1. The predicted molar refractivity (Wildman–Crippen MR) is 118 cm³/mol. The molecule has 4 rings (SSSR count). The topological polar surface area (TPSA) is 18.5 Å². The Morgan fingerprint density at radius 2 is 1.75 bits per heavy atom. The molecule has 0 unspecified atom stereocenters. The minimum atomic E-state index is -0.430. The molecule has 0 aromatic heterocycles. The first-order chi connectivity index (χ1) is 13.6. The van der Waals surface area contributed by atoms with E-state index in [9.17, 15) is 4.39 Å². The molecule has 3 aromatic rings. The number of rotatable bonds is 3. The normalized spacial score (nSPS) is 15.0. The second-order valence-corrected chi connectivity index (χ2v) is 7.75. The van der Waals surface area contributed by atoms with Crippen LogP contribution in [0.1, 0.15) is 5.56 Å². The molecule has 1 heterocycles. The average molecular weight is 414 g/mol. The molecule has 0 saturated carbocycles. The first-order valence-corrected chi connectivity index (χ1v) is 10.1. The van der Waals surface area contributed by atoms with E-state index in [1.54, 1.807) is 12.1 Å². The van der Waals surface area contributed by atoms with Gasteiger partial charge in [-0.3, -0.25) is 4.90 Å². The summed E-state index contributed by atoms with van der Waals surface area (Å²) >= 11 is 11.4. The van der Waals surface area contributed by atoms with Crippen molar-refractivity contribution in [2.45, 2.75) is 6.54 Å². The van der Waals surface area contributed by atoms with Gasteiger partial charge in [-0.1, -0.05) is 54.1 Å². The molecule has 6 heteroatoms. The maximum Gasteiger partial charge on any atom is 0.173 e. The lowest BCUT2D eigenvalue weighted by Gasteiger charge is -2.36. The van der Waals surface area contributed by atoms with Gasteiger partial charge in [-0.2, -0.15) is 0 Å². The van der Waals surface area contributed by atoms with Crippen LogP contribution in [0.3, 0.4) is 0 Å². The van der Waals surface area contributed by atoms with Gasteiger partial charge in [-0.05, 0) is 46.8 Å². The molecule has 1 N–H and O–H groups in total. The van der Waals surface area contributed by atoms with E-state index in [1.807, 2.05) is 0 Å². The monoisotopic (exact) mass is 413 g/mol. The van der Waals surface area contributed by atoms with Gasteiger partial charge in [-0.25, -0.2) is 4.39 Å². The van der Waals surface area contributed by atoms with Crippen molar-refractivity contribution >= 4 is 45.4 Å². The summed E-state index contributed by atoms with van der Waals surface area (Å²) in [6.45, 7) is 4.52. The highest BCUT2D eigenvalue weighted by molar-refractivity contribution is 7.80. The summed E-state index contributed by atoms with van der Waals surface area (Å²) in [5, 5.41) is 6.49. The van der Waals surface area contributed by atoms with E-state index in [-0.39, 0.29) is 5.02 Å². The Morgan fingerprint density at radius 1 is 1.00 bits per heavy atom. The molecule has 1 aliphatic rings. The van der Waals surface area contributed by atoms with Crippen LogP contribution in [0, 0.1) is 5.82 Å². The number of benzene rings is 3. The summed E-state index contributed by atoms with van der Waals surface area (Å²) in [6, 6.07) is 19.5. The van der Waals surface area contributed by atoms with Crippen molar-refractivity contribution in [3.8, 4) is 0 Å². The van der Waals surface area contributed by atoms with E-state index >= 15 is 0 Å². The molecule has 1 saturated heterocycles. The number of nitrogens with one attached hydrogen (secondary N) is 1. The van der Waals surface area contributed by atoms with Crippen molar-refractivity contribution in [3.63, 3.8) is 0 Å². The fraction of sp³-hybridized carbons (Fsp3) is 0.227. The lowest BCUT2D eigenvalue weighted by atomic mass is 10.0. The van der Waals surface area contributed by atoms with Crippen LogP contribution in [0.2, 0.25) is 5.02 Å². The van der Waals surface area contributed by atoms with Crippen molar-refractivity contribution < 1.29 is 4.39 Å². The van der Waals surface area contributed by atoms with Gasteiger partial charge in [-0.15, -0.1) is 0 Å². The predicted octanol–water partition coefficient (Wildman–Crippen LogP) is 5.15. The van der Waals surface area contributed by atoms with Crippen LogP contribution in [0.4, 0.5) is 10.1 Å². The van der Waals surface area contributed by atoms with E-state index in [2.05, 4.69) is 57.6 Å². The van der Waals surface area contributed by atoms with Gasteiger partial charge in [0.15, 0.2) is 5.11 Å². The number of thiocarbonyl (C=S) groups is 1. The zero-order valence-electron chi connectivity index (χ0n) is 15.4. The van der Waals surface area contributed by atoms with Crippen LogP contribution >= 0.6 is 23.8 Å². The molecule has 28 heavy (non-hydrogen) atoms. The molecule has 1 aliphatic heterocycles. The Kier molecular flexibility index (Phi) is 5.76. The van der Waals surface area contributed by atoms with Crippen LogP contribution in [-0.2, 0) is 6.54 Å². The Morgan fingerprint density at radius 3 is 2.54 bits per heavy atom. The molecule has 0 radical (unpaired) electrons. The third kappa shape index (κ3) is 4.27. The van der Waals surface area contributed by atoms with Gasteiger partial charge in [0, 0.05) is 38.4 Å². The highest BCUT2D eigenvalue weighted by Crippen LogP contribution is 2.22. The maximum absolute atomic E-state index is 13.3. The summed E-state index contributed by atoms with van der Waals surface area (Å²) in [4.78, 5) is 4.60. The fourth-order valence-corrected chi connectivity index (χ4v) is 4.04. The van der Waals surface area contributed by atoms with Crippen LogP contribution in [0.5, 0.6) is 0 Å². The van der Waals surface area contributed by atoms with Gasteiger partial charge in [0.1, 0.15) is 5.82 Å². The van der Waals surface area contributed by atoms with Crippen molar-refractivity contribution in [1.29, 1.82) is 0 Å². The lowest BCUT2D eigenvalue weighted by molar-refractivity contribution is 0.177. The molecule has 3 nitrogen and oxygen atoms in total. The third-order valence-corrected chi connectivity index (χ3v) is 5.75. The molecule has 0 amide bonds. The van der Waals surface area contributed by atoms with Crippen molar-refractivity contribution in [2.75, 3.05) is 31.5 Å². The van der Waals surface area contributed by atoms with Crippen molar-refractivity contribution in [3.05, 3.63) is 77.1 Å². The number of piperazine rings is 1. The number of halogens is 2. The van der Waals surface area contributed by atoms with E-state index in [1.165, 1.54) is 22.4 Å². The Hall–Kier alpha value is -2.21. The molecule has 0 bridgehead atoms. The fourth-order valence-electron chi connectivity index (χ4n) is 3.56.